The molecule has 4 heterocycles. The van der Waals surface area contributed by atoms with Gasteiger partial charge in [0.1, 0.15) is 5.69 Å². The van der Waals surface area contributed by atoms with Gasteiger partial charge < -0.3 is 14.5 Å². The Morgan fingerprint density at radius 2 is 2.00 bits per heavy atom. The standard InChI is InChI=1S/C20H18N6O3/c1-25-7-6-20(28,19(25)27)16-9-15(24-29-16)12-4-3-5-13(8-12)17-21-10-14-11-22-26(2)18(14)23-17/h3-5,8-11,28H,6-7H2,1-2H3/t20-/m1/s1. The first-order valence-corrected chi connectivity index (χ1v) is 9.16. The first-order chi connectivity index (χ1) is 14.0. The Kier molecular flexibility index (Phi) is 3.75. The number of carbonyl (C=O) groups is 1. The van der Waals surface area contributed by atoms with E-state index in [9.17, 15) is 9.90 Å². The van der Waals surface area contributed by atoms with E-state index in [0.29, 0.717) is 18.1 Å². The first kappa shape index (κ1) is 17.5. The van der Waals surface area contributed by atoms with Gasteiger partial charge in [-0.3, -0.25) is 9.48 Å². The summed E-state index contributed by atoms with van der Waals surface area (Å²) >= 11 is 0. The van der Waals surface area contributed by atoms with Gasteiger partial charge in [0, 0.05) is 50.5 Å². The maximum Gasteiger partial charge on any atom is 0.262 e. The number of hydrogen-bond donors (Lipinski definition) is 1. The number of likely N-dealkylation sites (N-methyl/N-ethyl adjacent to an activating group) is 1. The maximum atomic E-state index is 12.3. The van der Waals surface area contributed by atoms with Crippen LogP contribution in [0, 0.1) is 0 Å². The Morgan fingerprint density at radius 3 is 2.79 bits per heavy atom. The number of likely N-dealkylation sites (tertiary alicyclic amines) is 1. The van der Waals surface area contributed by atoms with Crippen molar-refractivity contribution >= 4 is 16.9 Å². The lowest BCUT2D eigenvalue weighted by molar-refractivity contribution is -0.144. The molecule has 0 saturated carbocycles. The minimum absolute atomic E-state index is 0.153. The second kappa shape index (κ2) is 6.21. The molecule has 0 aliphatic carbocycles. The number of aliphatic hydroxyl groups is 1. The van der Waals surface area contributed by atoms with Crippen molar-refractivity contribution in [3.05, 3.63) is 48.5 Å². The van der Waals surface area contributed by atoms with Crippen LogP contribution in [-0.2, 0) is 17.4 Å². The zero-order chi connectivity index (χ0) is 20.2. The minimum atomic E-state index is -1.66. The van der Waals surface area contributed by atoms with Crippen molar-refractivity contribution in [1.82, 2.24) is 29.8 Å². The summed E-state index contributed by atoms with van der Waals surface area (Å²) in [6.45, 7) is 0.467. The van der Waals surface area contributed by atoms with Crippen LogP contribution in [0.15, 0.2) is 47.2 Å². The molecule has 1 aromatic carbocycles. The number of amides is 1. The fourth-order valence-corrected chi connectivity index (χ4v) is 3.58. The summed E-state index contributed by atoms with van der Waals surface area (Å²) in [6, 6.07) is 9.16. The molecule has 146 valence electrons. The number of hydrogen-bond acceptors (Lipinski definition) is 7. The number of nitrogens with zero attached hydrogens (tertiary/aromatic N) is 6. The smallest absolute Gasteiger partial charge is 0.262 e. The highest BCUT2D eigenvalue weighted by molar-refractivity contribution is 5.88. The van der Waals surface area contributed by atoms with Gasteiger partial charge in [-0.05, 0) is 6.07 Å². The Bertz CT molecular complexity index is 1250. The molecule has 9 heteroatoms. The predicted molar refractivity (Wildman–Crippen MR) is 103 cm³/mol. The molecule has 1 N–H and O–H groups in total. The molecule has 29 heavy (non-hydrogen) atoms. The van der Waals surface area contributed by atoms with Gasteiger partial charge in [-0.25, -0.2) is 9.97 Å². The van der Waals surface area contributed by atoms with Crippen LogP contribution in [0.3, 0.4) is 0 Å². The molecular weight excluding hydrogens is 372 g/mol. The maximum absolute atomic E-state index is 12.3. The van der Waals surface area contributed by atoms with Gasteiger partial charge in [0.2, 0.25) is 5.60 Å². The lowest BCUT2D eigenvalue weighted by Crippen LogP contribution is -2.35. The average molecular weight is 390 g/mol. The van der Waals surface area contributed by atoms with Crippen LogP contribution < -0.4 is 0 Å². The summed E-state index contributed by atoms with van der Waals surface area (Å²) in [5.74, 6) is 0.338. The average Bonchev–Trinajstić information content (AvgIpc) is 3.44. The van der Waals surface area contributed by atoms with Crippen molar-refractivity contribution in [3.63, 3.8) is 0 Å². The van der Waals surface area contributed by atoms with E-state index in [1.54, 1.807) is 30.2 Å². The molecule has 1 aliphatic rings. The van der Waals surface area contributed by atoms with Crippen LogP contribution in [0.4, 0.5) is 0 Å². The molecule has 5 rings (SSSR count). The fourth-order valence-electron chi connectivity index (χ4n) is 3.58. The minimum Gasteiger partial charge on any atom is -0.373 e. The monoisotopic (exact) mass is 390 g/mol. The fraction of sp³-hybridized carbons (Fsp3) is 0.250. The van der Waals surface area contributed by atoms with Crippen molar-refractivity contribution in [2.45, 2.75) is 12.0 Å². The van der Waals surface area contributed by atoms with E-state index >= 15 is 0 Å². The second-order valence-electron chi connectivity index (χ2n) is 7.23. The van der Waals surface area contributed by atoms with Crippen molar-refractivity contribution in [1.29, 1.82) is 0 Å². The highest BCUT2D eigenvalue weighted by Gasteiger charge is 2.48. The summed E-state index contributed by atoms with van der Waals surface area (Å²) in [7, 11) is 3.49. The van der Waals surface area contributed by atoms with Gasteiger partial charge in [-0.2, -0.15) is 5.10 Å². The van der Waals surface area contributed by atoms with E-state index in [4.69, 9.17) is 4.52 Å². The Balaban J connectivity index is 1.51. The molecule has 4 aromatic rings. The van der Waals surface area contributed by atoms with E-state index in [1.165, 1.54) is 4.90 Å². The number of rotatable bonds is 3. The molecule has 3 aromatic heterocycles. The van der Waals surface area contributed by atoms with E-state index < -0.39 is 5.60 Å². The highest BCUT2D eigenvalue weighted by Crippen LogP contribution is 2.35. The van der Waals surface area contributed by atoms with Crippen molar-refractivity contribution in [2.24, 2.45) is 7.05 Å². The van der Waals surface area contributed by atoms with Gasteiger partial charge in [0.05, 0.1) is 11.6 Å². The molecule has 0 unspecified atom stereocenters. The molecule has 0 bridgehead atoms. The predicted octanol–water partition coefficient (Wildman–Crippen LogP) is 1.73. The third-order valence-corrected chi connectivity index (χ3v) is 5.32. The highest BCUT2D eigenvalue weighted by atomic mass is 16.5. The van der Waals surface area contributed by atoms with Gasteiger partial charge in [0.15, 0.2) is 17.2 Å². The number of carbonyl (C=O) groups excluding carboxylic acids is 1. The first-order valence-electron chi connectivity index (χ1n) is 9.16. The largest absolute Gasteiger partial charge is 0.373 e. The lowest BCUT2D eigenvalue weighted by Gasteiger charge is -2.16. The third-order valence-electron chi connectivity index (χ3n) is 5.32. The summed E-state index contributed by atoms with van der Waals surface area (Å²) in [6.07, 6.45) is 3.73. The van der Waals surface area contributed by atoms with Crippen LogP contribution in [0.2, 0.25) is 0 Å². The normalized spacial score (nSPS) is 19.4. The van der Waals surface area contributed by atoms with Crippen LogP contribution in [0.5, 0.6) is 0 Å². The number of fused-ring (bicyclic) bond motifs is 1. The quantitative estimate of drug-likeness (QED) is 0.567. The number of benzene rings is 1. The summed E-state index contributed by atoms with van der Waals surface area (Å²) in [5, 5.41) is 19.9. The van der Waals surface area contributed by atoms with Gasteiger partial charge in [0.25, 0.3) is 5.91 Å². The van der Waals surface area contributed by atoms with Crippen molar-refractivity contribution < 1.29 is 14.4 Å². The molecular formula is C20H18N6O3. The molecule has 1 atom stereocenters. The molecule has 1 aliphatic heterocycles. The molecule has 0 spiro atoms. The Hall–Kier alpha value is -3.59. The topological polar surface area (TPSA) is 110 Å². The van der Waals surface area contributed by atoms with Crippen LogP contribution in [0.25, 0.3) is 33.7 Å². The van der Waals surface area contributed by atoms with Crippen molar-refractivity contribution in [3.8, 4) is 22.6 Å². The zero-order valence-corrected chi connectivity index (χ0v) is 15.9. The van der Waals surface area contributed by atoms with Gasteiger partial charge in [-0.15, -0.1) is 0 Å². The van der Waals surface area contributed by atoms with Crippen LogP contribution in [0.1, 0.15) is 12.2 Å². The van der Waals surface area contributed by atoms with E-state index in [1.807, 2.05) is 31.3 Å². The molecule has 0 radical (unpaired) electrons. The SMILES string of the molecule is CN1CC[C@@](O)(c2cc(-c3cccc(-c4ncc5cnn(C)c5n4)c3)no2)C1=O. The van der Waals surface area contributed by atoms with Crippen LogP contribution in [-0.4, -0.2) is 54.4 Å². The van der Waals surface area contributed by atoms with Gasteiger partial charge >= 0.3 is 0 Å². The molecule has 1 fully saturated rings. The van der Waals surface area contributed by atoms with E-state index in [2.05, 4.69) is 20.2 Å². The summed E-state index contributed by atoms with van der Waals surface area (Å²) < 4.78 is 7.04. The zero-order valence-electron chi connectivity index (χ0n) is 15.9. The Labute approximate surface area is 165 Å². The van der Waals surface area contributed by atoms with Crippen molar-refractivity contribution in [2.75, 3.05) is 13.6 Å². The van der Waals surface area contributed by atoms with Crippen LogP contribution >= 0.6 is 0 Å². The molecule has 1 amide bonds. The molecule has 1 saturated heterocycles. The Morgan fingerprint density at radius 1 is 1.17 bits per heavy atom. The summed E-state index contributed by atoms with van der Waals surface area (Å²) in [4.78, 5) is 22.8. The second-order valence-corrected chi connectivity index (χ2v) is 7.23. The number of aromatic nitrogens is 5. The number of aryl methyl sites for hydroxylation is 1. The third kappa shape index (κ3) is 2.70. The lowest BCUT2D eigenvalue weighted by atomic mass is 9.98. The van der Waals surface area contributed by atoms with E-state index in [-0.39, 0.29) is 18.1 Å². The summed E-state index contributed by atoms with van der Waals surface area (Å²) in [5.41, 5.74) is 1.19. The van der Waals surface area contributed by atoms with E-state index in [0.717, 1.165) is 22.2 Å². The van der Waals surface area contributed by atoms with Gasteiger partial charge in [-0.1, -0.05) is 23.4 Å². The molecule has 9 nitrogen and oxygen atoms in total.